The van der Waals surface area contributed by atoms with E-state index in [1.54, 1.807) is 0 Å². The Kier molecular flexibility index (Phi) is 5.68. The van der Waals surface area contributed by atoms with Gasteiger partial charge < -0.3 is 4.74 Å². The van der Waals surface area contributed by atoms with E-state index in [4.69, 9.17) is 16.3 Å². The number of nitrogens with one attached hydrogen (secondary N) is 1. The number of hydrogen-bond donors (Lipinski definition) is 1. The van der Waals surface area contributed by atoms with Gasteiger partial charge in [-0.2, -0.15) is 0 Å². The zero-order chi connectivity index (χ0) is 13.9. The van der Waals surface area contributed by atoms with Crippen LogP contribution in [0.4, 0.5) is 0 Å². The molecule has 1 fully saturated rings. The number of halogens is 2. The smallest absolute Gasteiger partial charge is 0.250 e. The Bertz CT molecular complexity index is 507. The van der Waals surface area contributed by atoms with Crippen molar-refractivity contribution in [2.45, 2.75) is 36.0 Å². The topological polar surface area (TPSA) is 55.4 Å². The summed E-state index contributed by atoms with van der Waals surface area (Å²) in [7, 11) is -3.48. The van der Waals surface area contributed by atoms with Crippen molar-refractivity contribution in [1.29, 1.82) is 0 Å². The molecule has 0 radical (unpaired) electrons. The average molecular weight is 389 g/mol. The van der Waals surface area contributed by atoms with E-state index in [0.29, 0.717) is 21.5 Å². The minimum Gasteiger partial charge on any atom is -0.377 e. The normalized spacial score (nSPS) is 17.2. The van der Waals surface area contributed by atoms with Gasteiger partial charge in [-0.25, -0.2) is 13.1 Å². The molecule has 0 bridgehead atoms. The SMILES string of the molecule is O=S(=O)(NCCOC1CCCC1)c1cc(Cl)c(Br)s1. The van der Waals surface area contributed by atoms with Gasteiger partial charge in [-0.3, -0.25) is 0 Å². The van der Waals surface area contributed by atoms with Crippen molar-refractivity contribution in [3.63, 3.8) is 0 Å². The lowest BCUT2D eigenvalue weighted by Gasteiger charge is -2.11. The molecule has 4 nitrogen and oxygen atoms in total. The highest BCUT2D eigenvalue weighted by Crippen LogP contribution is 2.34. The third kappa shape index (κ3) is 4.41. The van der Waals surface area contributed by atoms with Crippen LogP contribution in [-0.2, 0) is 14.8 Å². The molecule has 1 N–H and O–H groups in total. The van der Waals surface area contributed by atoms with Crippen LogP contribution in [0.15, 0.2) is 14.1 Å². The van der Waals surface area contributed by atoms with Crippen molar-refractivity contribution in [3.05, 3.63) is 14.9 Å². The molecule has 0 saturated heterocycles. The number of sulfonamides is 1. The summed E-state index contributed by atoms with van der Waals surface area (Å²) in [6.45, 7) is 0.691. The van der Waals surface area contributed by atoms with Gasteiger partial charge in [0.1, 0.15) is 4.21 Å². The lowest BCUT2D eigenvalue weighted by Crippen LogP contribution is -2.28. The van der Waals surface area contributed by atoms with Gasteiger partial charge in [0.25, 0.3) is 0 Å². The molecule has 2 rings (SSSR count). The molecule has 1 aromatic rings. The van der Waals surface area contributed by atoms with Gasteiger partial charge in [-0.15, -0.1) is 11.3 Å². The minimum atomic E-state index is -3.48. The molecular formula is C11H15BrClNO3S2. The Morgan fingerprint density at radius 3 is 2.74 bits per heavy atom. The maximum Gasteiger partial charge on any atom is 0.250 e. The number of hydrogen-bond acceptors (Lipinski definition) is 4. The standard InChI is InChI=1S/C11H15BrClNO3S2/c12-11-9(13)7-10(18-11)19(15,16)14-5-6-17-8-3-1-2-4-8/h7-8,14H,1-6H2. The molecule has 0 aromatic carbocycles. The summed E-state index contributed by atoms with van der Waals surface area (Å²) in [5, 5.41) is 0.410. The van der Waals surface area contributed by atoms with Gasteiger partial charge in [0.05, 0.1) is 21.5 Å². The van der Waals surface area contributed by atoms with Crippen LogP contribution < -0.4 is 4.72 Å². The third-order valence-corrected chi connectivity index (χ3v) is 7.35. The van der Waals surface area contributed by atoms with Crippen LogP contribution in [0.25, 0.3) is 0 Å². The predicted octanol–water partition coefficient (Wildman–Crippen LogP) is 3.40. The summed E-state index contributed by atoms with van der Waals surface area (Å²) in [6.07, 6.45) is 4.88. The fourth-order valence-corrected chi connectivity index (χ4v) is 5.44. The summed E-state index contributed by atoms with van der Waals surface area (Å²) < 4.78 is 32.9. The van der Waals surface area contributed by atoms with E-state index in [9.17, 15) is 8.42 Å². The quantitative estimate of drug-likeness (QED) is 0.760. The lowest BCUT2D eigenvalue weighted by molar-refractivity contribution is 0.0626. The predicted molar refractivity (Wildman–Crippen MR) is 80.4 cm³/mol. The molecule has 1 aliphatic carbocycles. The van der Waals surface area contributed by atoms with Gasteiger partial charge in [-0.05, 0) is 34.8 Å². The summed E-state index contributed by atoms with van der Waals surface area (Å²) in [4.78, 5) is 0. The first-order valence-corrected chi connectivity index (χ1v) is 9.52. The molecule has 0 spiro atoms. The molecule has 108 valence electrons. The zero-order valence-electron chi connectivity index (χ0n) is 10.2. The van der Waals surface area contributed by atoms with Crippen LogP contribution in [0.3, 0.4) is 0 Å². The third-order valence-electron chi connectivity index (χ3n) is 2.94. The van der Waals surface area contributed by atoms with Crippen molar-refractivity contribution >= 4 is 48.9 Å². The summed E-state index contributed by atoms with van der Waals surface area (Å²) >= 11 is 10.1. The second-order valence-electron chi connectivity index (χ2n) is 4.36. The number of ether oxygens (including phenoxy) is 1. The van der Waals surface area contributed by atoms with Gasteiger partial charge in [0.2, 0.25) is 10.0 Å². The molecule has 0 aliphatic heterocycles. The molecule has 0 unspecified atom stereocenters. The summed E-state index contributed by atoms with van der Waals surface area (Å²) in [5.41, 5.74) is 0. The highest BCUT2D eigenvalue weighted by atomic mass is 79.9. The second-order valence-corrected chi connectivity index (χ2v) is 9.13. The Morgan fingerprint density at radius 1 is 1.47 bits per heavy atom. The highest BCUT2D eigenvalue weighted by Gasteiger charge is 2.19. The van der Waals surface area contributed by atoms with E-state index in [1.807, 2.05) is 0 Å². The fourth-order valence-electron chi connectivity index (χ4n) is 1.99. The zero-order valence-corrected chi connectivity index (χ0v) is 14.2. The summed E-state index contributed by atoms with van der Waals surface area (Å²) in [5.74, 6) is 0. The van der Waals surface area contributed by atoms with Crippen molar-refractivity contribution in [3.8, 4) is 0 Å². The van der Waals surface area contributed by atoms with Crippen LogP contribution in [0.1, 0.15) is 25.7 Å². The molecule has 8 heteroatoms. The largest absolute Gasteiger partial charge is 0.377 e. The van der Waals surface area contributed by atoms with E-state index in [-0.39, 0.29) is 10.8 Å². The first-order chi connectivity index (χ1) is 8.99. The monoisotopic (exact) mass is 387 g/mol. The first kappa shape index (κ1) is 15.7. The van der Waals surface area contributed by atoms with Gasteiger partial charge in [-0.1, -0.05) is 24.4 Å². The van der Waals surface area contributed by atoms with Gasteiger partial charge >= 0.3 is 0 Å². The molecule has 1 saturated carbocycles. The fraction of sp³-hybridized carbons (Fsp3) is 0.636. The van der Waals surface area contributed by atoms with Crippen LogP contribution in [0, 0.1) is 0 Å². The highest BCUT2D eigenvalue weighted by molar-refractivity contribution is 9.11. The van der Waals surface area contributed by atoms with E-state index < -0.39 is 10.0 Å². The summed E-state index contributed by atoms with van der Waals surface area (Å²) in [6, 6.07) is 1.44. The molecule has 19 heavy (non-hydrogen) atoms. The van der Waals surface area contributed by atoms with E-state index >= 15 is 0 Å². The Labute approximate surface area is 130 Å². The minimum absolute atomic E-state index is 0.213. The second kappa shape index (κ2) is 6.87. The number of rotatable bonds is 6. The molecule has 1 aromatic heterocycles. The first-order valence-electron chi connectivity index (χ1n) is 6.05. The van der Waals surface area contributed by atoms with Gasteiger partial charge in [0, 0.05) is 6.54 Å². The lowest BCUT2D eigenvalue weighted by atomic mass is 10.3. The van der Waals surface area contributed by atoms with E-state index in [0.717, 1.165) is 24.2 Å². The van der Waals surface area contributed by atoms with E-state index in [1.165, 1.54) is 18.9 Å². The average Bonchev–Trinajstić information content (AvgIpc) is 2.96. The Hall–Kier alpha value is 0.340. The van der Waals surface area contributed by atoms with Crippen LogP contribution in [0.5, 0.6) is 0 Å². The molecule has 0 amide bonds. The van der Waals surface area contributed by atoms with Crippen molar-refractivity contribution < 1.29 is 13.2 Å². The Morgan fingerprint density at radius 2 is 2.16 bits per heavy atom. The Balaban J connectivity index is 1.80. The molecule has 0 atom stereocenters. The van der Waals surface area contributed by atoms with Crippen molar-refractivity contribution in [2.75, 3.05) is 13.2 Å². The van der Waals surface area contributed by atoms with Crippen LogP contribution in [-0.4, -0.2) is 27.7 Å². The maximum absolute atomic E-state index is 12.0. The maximum atomic E-state index is 12.0. The number of thiophene rings is 1. The van der Waals surface area contributed by atoms with Gasteiger partial charge in [0.15, 0.2) is 0 Å². The molecule has 1 aliphatic rings. The van der Waals surface area contributed by atoms with Crippen molar-refractivity contribution in [1.82, 2.24) is 4.72 Å². The van der Waals surface area contributed by atoms with Crippen LogP contribution >= 0.6 is 38.9 Å². The molecular weight excluding hydrogens is 374 g/mol. The van der Waals surface area contributed by atoms with Crippen LogP contribution in [0.2, 0.25) is 5.02 Å². The van der Waals surface area contributed by atoms with E-state index in [2.05, 4.69) is 20.7 Å². The molecule has 1 heterocycles. The van der Waals surface area contributed by atoms with Crippen molar-refractivity contribution in [2.24, 2.45) is 0 Å².